The summed E-state index contributed by atoms with van der Waals surface area (Å²) in [6.07, 6.45) is -1.47. The van der Waals surface area contributed by atoms with Crippen LogP contribution in [0.3, 0.4) is 0 Å². The monoisotopic (exact) mass is 487 g/mol. The number of ether oxygens (including phenoxy) is 1. The Morgan fingerprint density at radius 2 is 1.91 bits per heavy atom. The Kier molecular flexibility index (Phi) is 6.90. The van der Waals surface area contributed by atoms with E-state index in [2.05, 4.69) is 25.7 Å². The summed E-state index contributed by atoms with van der Waals surface area (Å²) in [7, 11) is 0. The number of alkyl halides is 3. The second-order valence-corrected chi connectivity index (χ2v) is 7.70. The molecule has 0 aliphatic carbocycles. The van der Waals surface area contributed by atoms with Gasteiger partial charge in [0.15, 0.2) is 0 Å². The Labute approximate surface area is 198 Å². The molecule has 0 aliphatic rings. The first-order valence-corrected chi connectivity index (χ1v) is 10.9. The third-order valence-electron chi connectivity index (χ3n) is 5.15. The fourth-order valence-corrected chi connectivity index (χ4v) is 3.53. The minimum atomic E-state index is -4.44. The van der Waals surface area contributed by atoms with Crippen LogP contribution in [0.15, 0.2) is 49.1 Å². The molecule has 0 spiro atoms. The van der Waals surface area contributed by atoms with Crippen LogP contribution >= 0.6 is 0 Å². The lowest BCUT2D eigenvalue weighted by Crippen LogP contribution is -2.31. The van der Waals surface area contributed by atoms with Gasteiger partial charge in [0.05, 0.1) is 29.5 Å². The number of benzene rings is 2. The van der Waals surface area contributed by atoms with Gasteiger partial charge in [-0.3, -0.25) is 4.79 Å². The van der Waals surface area contributed by atoms with E-state index in [-0.39, 0.29) is 18.0 Å². The number of halogens is 3. The van der Waals surface area contributed by atoms with Crippen LogP contribution in [-0.2, 0) is 17.5 Å². The first kappa shape index (κ1) is 24.0. The van der Waals surface area contributed by atoms with E-state index in [9.17, 15) is 18.0 Å². The van der Waals surface area contributed by atoms with E-state index in [1.165, 1.54) is 17.0 Å². The molecule has 2 heterocycles. The van der Waals surface area contributed by atoms with E-state index >= 15 is 0 Å². The number of rotatable bonds is 9. The molecule has 2 aromatic carbocycles. The smallest absolute Gasteiger partial charge is 0.416 e. The summed E-state index contributed by atoms with van der Waals surface area (Å²) in [5.74, 6) is 1.02. The molecule has 1 amide bonds. The molecule has 2 aromatic heterocycles. The summed E-state index contributed by atoms with van der Waals surface area (Å²) < 4.78 is 47.5. The van der Waals surface area contributed by atoms with Gasteiger partial charge in [-0.15, -0.1) is 0 Å². The van der Waals surface area contributed by atoms with Gasteiger partial charge in [0.2, 0.25) is 5.91 Å². The van der Waals surface area contributed by atoms with Crippen molar-refractivity contribution in [3.63, 3.8) is 0 Å². The summed E-state index contributed by atoms with van der Waals surface area (Å²) in [5, 5.41) is 10.3. The zero-order valence-corrected chi connectivity index (χ0v) is 19.1. The Bertz CT molecular complexity index is 1330. The number of aryl methyl sites for hydroxylation is 1. The van der Waals surface area contributed by atoms with Crippen LogP contribution in [0, 0.1) is 6.92 Å². The van der Waals surface area contributed by atoms with Crippen molar-refractivity contribution in [1.29, 1.82) is 0 Å². The largest absolute Gasteiger partial charge is 0.492 e. The molecule has 0 saturated heterocycles. The number of nitrogens with one attached hydrogen (secondary N) is 2. The van der Waals surface area contributed by atoms with Gasteiger partial charge >= 0.3 is 6.18 Å². The molecule has 0 bridgehead atoms. The second kappa shape index (κ2) is 10.0. The van der Waals surface area contributed by atoms with Crippen LogP contribution in [0.5, 0.6) is 5.75 Å². The lowest BCUT2D eigenvalue weighted by molar-refractivity contribution is -0.137. The first-order valence-electron chi connectivity index (χ1n) is 10.9. The fraction of sp³-hybridized carbons (Fsp3) is 0.304. The van der Waals surface area contributed by atoms with Crippen molar-refractivity contribution >= 4 is 22.6 Å². The lowest BCUT2D eigenvalue weighted by atomic mass is 10.2. The zero-order chi connectivity index (χ0) is 25.0. The molecule has 35 heavy (non-hydrogen) atoms. The number of nitrogens with zero attached hydrogens (tertiary/aromatic N) is 5. The van der Waals surface area contributed by atoms with Crippen molar-refractivity contribution in [1.82, 2.24) is 29.6 Å². The van der Waals surface area contributed by atoms with Gasteiger partial charge in [-0.2, -0.15) is 18.3 Å². The van der Waals surface area contributed by atoms with Crippen LogP contribution in [0.2, 0.25) is 0 Å². The van der Waals surface area contributed by atoms with E-state index in [4.69, 9.17) is 4.74 Å². The van der Waals surface area contributed by atoms with E-state index in [0.717, 1.165) is 23.5 Å². The highest BCUT2D eigenvalue weighted by Crippen LogP contribution is 2.31. The van der Waals surface area contributed by atoms with Gasteiger partial charge in [0.25, 0.3) is 0 Å². The lowest BCUT2D eigenvalue weighted by Gasteiger charge is -2.13. The minimum Gasteiger partial charge on any atom is -0.492 e. The molecular weight excluding hydrogens is 463 g/mol. The predicted molar refractivity (Wildman–Crippen MR) is 123 cm³/mol. The van der Waals surface area contributed by atoms with Gasteiger partial charge in [0, 0.05) is 24.8 Å². The molecule has 2 N–H and O–H groups in total. The molecule has 4 aromatic rings. The third kappa shape index (κ3) is 5.70. The van der Waals surface area contributed by atoms with Crippen molar-refractivity contribution in [2.75, 3.05) is 25.0 Å². The summed E-state index contributed by atoms with van der Waals surface area (Å²) in [6.45, 7) is 4.93. The van der Waals surface area contributed by atoms with E-state index in [1.54, 1.807) is 17.9 Å². The highest BCUT2D eigenvalue weighted by molar-refractivity contribution is 5.81. The second-order valence-electron chi connectivity index (χ2n) is 7.70. The Balaban J connectivity index is 1.31. The molecule has 0 aliphatic heterocycles. The highest BCUT2D eigenvalue weighted by atomic mass is 19.4. The topological polar surface area (TPSA) is 98.9 Å². The van der Waals surface area contributed by atoms with Crippen LogP contribution in [0.1, 0.15) is 18.3 Å². The average molecular weight is 487 g/mol. The number of anilines is 1. The standard InChI is InChI=1S/C23H24F3N7O2/c1-3-35-21-11-17(5-7-20(21)33-14-29-15(2)31-33)27-8-9-28-22(34)12-32-13-30-18-10-16(23(24,25)26)4-6-19(18)32/h4-7,10-11,13-14,27H,3,8-9,12H2,1-2H3,(H,28,34). The number of carbonyl (C=O) groups excluding carboxylic acids is 1. The normalized spacial score (nSPS) is 11.6. The van der Waals surface area contributed by atoms with Gasteiger partial charge in [-0.05, 0) is 44.2 Å². The third-order valence-corrected chi connectivity index (χ3v) is 5.15. The van der Waals surface area contributed by atoms with Gasteiger partial charge in [-0.1, -0.05) is 0 Å². The fourth-order valence-electron chi connectivity index (χ4n) is 3.53. The summed E-state index contributed by atoms with van der Waals surface area (Å²) in [6, 6.07) is 8.87. The van der Waals surface area contributed by atoms with Crippen molar-refractivity contribution in [3.05, 3.63) is 60.4 Å². The number of amides is 1. The SMILES string of the molecule is CCOc1cc(NCCNC(=O)Cn2cnc3cc(C(F)(F)F)ccc32)ccc1-n1cnc(C)n1. The molecule has 12 heteroatoms. The zero-order valence-electron chi connectivity index (χ0n) is 19.1. The maximum atomic E-state index is 12.9. The summed E-state index contributed by atoms with van der Waals surface area (Å²) in [4.78, 5) is 20.5. The molecule has 0 fully saturated rings. The molecule has 0 atom stereocenters. The number of imidazole rings is 1. The van der Waals surface area contributed by atoms with Crippen molar-refractivity contribution in [2.45, 2.75) is 26.6 Å². The molecular formula is C23H24F3N7O2. The van der Waals surface area contributed by atoms with Crippen LogP contribution in [0.4, 0.5) is 18.9 Å². The minimum absolute atomic E-state index is 0.0532. The van der Waals surface area contributed by atoms with Crippen LogP contribution < -0.4 is 15.4 Å². The molecule has 0 saturated carbocycles. The van der Waals surface area contributed by atoms with Crippen molar-refractivity contribution in [3.8, 4) is 11.4 Å². The number of hydrogen-bond donors (Lipinski definition) is 2. The quantitative estimate of drug-likeness (QED) is 0.350. The predicted octanol–water partition coefficient (Wildman–Crippen LogP) is 3.57. The number of fused-ring (bicyclic) bond motifs is 1. The molecule has 0 radical (unpaired) electrons. The summed E-state index contributed by atoms with van der Waals surface area (Å²) >= 11 is 0. The van der Waals surface area contributed by atoms with E-state index in [1.807, 2.05) is 25.1 Å². The Morgan fingerprint density at radius 1 is 1.09 bits per heavy atom. The molecule has 184 valence electrons. The molecule has 4 rings (SSSR count). The maximum Gasteiger partial charge on any atom is 0.416 e. The average Bonchev–Trinajstić information content (AvgIpc) is 3.42. The number of hydrogen-bond acceptors (Lipinski definition) is 6. The Hall–Kier alpha value is -4.09. The van der Waals surface area contributed by atoms with Gasteiger partial charge in [0.1, 0.15) is 30.1 Å². The van der Waals surface area contributed by atoms with Crippen molar-refractivity contribution < 1.29 is 22.7 Å². The molecule has 9 nitrogen and oxygen atoms in total. The number of carbonyl (C=O) groups is 1. The van der Waals surface area contributed by atoms with E-state index in [0.29, 0.717) is 36.8 Å². The summed E-state index contributed by atoms with van der Waals surface area (Å²) in [5.41, 5.74) is 1.44. The van der Waals surface area contributed by atoms with Crippen LogP contribution in [0.25, 0.3) is 16.7 Å². The Morgan fingerprint density at radius 3 is 2.63 bits per heavy atom. The van der Waals surface area contributed by atoms with Gasteiger partial charge in [-0.25, -0.2) is 14.6 Å². The van der Waals surface area contributed by atoms with Gasteiger partial charge < -0.3 is 19.9 Å². The highest BCUT2D eigenvalue weighted by Gasteiger charge is 2.30. The number of aromatic nitrogens is 5. The van der Waals surface area contributed by atoms with Crippen LogP contribution in [-0.4, -0.2) is 49.9 Å². The maximum absolute atomic E-state index is 12.9. The first-order chi connectivity index (χ1) is 16.7. The molecule has 0 unspecified atom stereocenters. The van der Waals surface area contributed by atoms with E-state index < -0.39 is 11.7 Å². The van der Waals surface area contributed by atoms with Crippen molar-refractivity contribution in [2.24, 2.45) is 0 Å².